The van der Waals surface area contributed by atoms with Crippen LogP contribution < -0.4 is 10.9 Å². The molecular weight excluding hydrogens is 386 g/mol. The van der Waals surface area contributed by atoms with Gasteiger partial charge in [-0.15, -0.1) is 0 Å². The molecule has 2 N–H and O–H groups in total. The summed E-state index contributed by atoms with van der Waals surface area (Å²) in [5.41, 5.74) is -0.686. The van der Waals surface area contributed by atoms with E-state index < -0.39 is 22.8 Å². The lowest BCUT2D eigenvalue weighted by Gasteiger charge is -2.32. The molecular formula is C22H23N3O5. The summed E-state index contributed by atoms with van der Waals surface area (Å²) in [5, 5.41) is 12.9. The van der Waals surface area contributed by atoms with Crippen LogP contribution in [-0.2, 0) is 29.8 Å². The molecule has 1 aromatic carbocycles. The molecule has 0 unspecified atom stereocenters. The van der Waals surface area contributed by atoms with E-state index in [-0.39, 0.29) is 18.8 Å². The van der Waals surface area contributed by atoms with Crippen LogP contribution in [0.1, 0.15) is 47.2 Å². The van der Waals surface area contributed by atoms with Crippen LogP contribution in [0, 0.1) is 0 Å². The van der Waals surface area contributed by atoms with E-state index in [1.165, 1.54) is 4.57 Å². The summed E-state index contributed by atoms with van der Waals surface area (Å²) in [4.78, 5) is 29.4. The van der Waals surface area contributed by atoms with Crippen LogP contribution >= 0.6 is 0 Å². The highest BCUT2D eigenvalue weighted by atomic mass is 16.5. The Hall–Kier alpha value is -3.39. The molecule has 30 heavy (non-hydrogen) atoms. The van der Waals surface area contributed by atoms with Crippen molar-refractivity contribution in [2.75, 3.05) is 6.61 Å². The Morgan fingerprint density at radius 2 is 1.93 bits per heavy atom. The SMILES string of the molecule is CC1(C)OCCn2c1nc(C(=O)NCc1ccc(Cc3ccccc3)o1)c(O)c2=O. The van der Waals surface area contributed by atoms with E-state index in [2.05, 4.69) is 10.3 Å². The Balaban J connectivity index is 1.49. The lowest BCUT2D eigenvalue weighted by atomic mass is 10.1. The molecule has 4 rings (SSSR count). The number of rotatable bonds is 5. The molecule has 3 aromatic rings. The minimum atomic E-state index is -0.840. The Labute approximate surface area is 173 Å². The second kappa shape index (κ2) is 7.79. The third-order valence-corrected chi connectivity index (χ3v) is 5.04. The van der Waals surface area contributed by atoms with Crippen LogP contribution in [0.2, 0.25) is 0 Å². The number of ether oxygens (including phenoxy) is 1. The average Bonchev–Trinajstić information content (AvgIpc) is 3.17. The maximum atomic E-state index is 12.6. The standard InChI is InChI=1S/C22H23N3O5/c1-22(2)21-24-17(18(26)20(28)25(21)10-11-29-22)19(27)23-13-16-9-8-15(30-16)12-14-6-4-3-5-7-14/h3-9,26H,10-13H2,1-2H3,(H,23,27). The number of amides is 1. The number of hydrogen-bond acceptors (Lipinski definition) is 6. The number of aromatic hydroxyl groups is 1. The first kappa shape index (κ1) is 19.9. The van der Waals surface area contributed by atoms with Crippen LogP contribution in [0.25, 0.3) is 0 Å². The Bertz CT molecular complexity index is 1130. The van der Waals surface area contributed by atoms with Gasteiger partial charge < -0.3 is 19.6 Å². The fraction of sp³-hybridized carbons (Fsp3) is 0.318. The summed E-state index contributed by atoms with van der Waals surface area (Å²) in [5.74, 6) is 0.322. The van der Waals surface area contributed by atoms with Crippen molar-refractivity contribution in [2.24, 2.45) is 0 Å². The number of carbonyl (C=O) groups is 1. The van der Waals surface area contributed by atoms with E-state index in [0.717, 1.165) is 11.3 Å². The first-order valence-corrected chi connectivity index (χ1v) is 9.73. The second-order valence-corrected chi connectivity index (χ2v) is 7.66. The van der Waals surface area contributed by atoms with Gasteiger partial charge in [0.2, 0.25) is 5.75 Å². The summed E-state index contributed by atoms with van der Waals surface area (Å²) in [6.07, 6.45) is 0.647. The van der Waals surface area contributed by atoms with E-state index in [9.17, 15) is 14.7 Å². The fourth-order valence-corrected chi connectivity index (χ4v) is 3.49. The number of nitrogens with zero attached hydrogens (tertiary/aromatic N) is 2. The van der Waals surface area contributed by atoms with Crippen molar-refractivity contribution in [1.82, 2.24) is 14.9 Å². The quantitative estimate of drug-likeness (QED) is 0.670. The number of carbonyl (C=O) groups excluding carboxylic acids is 1. The van der Waals surface area contributed by atoms with Crippen LogP contribution in [0.5, 0.6) is 5.75 Å². The maximum absolute atomic E-state index is 12.6. The Kier molecular flexibility index (Phi) is 5.17. The molecule has 0 saturated carbocycles. The normalized spacial score (nSPS) is 14.9. The van der Waals surface area contributed by atoms with Crippen molar-refractivity contribution >= 4 is 5.91 Å². The molecule has 0 saturated heterocycles. The minimum Gasteiger partial charge on any atom is -0.501 e. The van der Waals surface area contributed by atoms with Gasteiger partial charge in [-0.1, -0.05) is 30.3 Å². The largest absolute Gasteiger partial charge is 0.501 e. The predicted octanol–water partition coefficient (Wildman–Crippen LogP) is 2.33. The summed E-state index contributed by atoms with van der Waals surface area (Å²) in [6, 6.07) is 13.5. The molecule has 0 spiro atoms. The van der Waals surface area contributed by atoms with Gasteiger partial charge in [-0.25, -0.2) is 4.98 Å². The predicted molar refractivity (Wildman–Crippen MR) is 108 cm³/mol. The van der Waals surface area contributed by atoms with Gasteiger partial charge >= 0.3 is 0 Å². The molecule has 1 aliphatic heterocycles. The smallest absolute Gasteiger partial charge is 0.296 e. The monoisotopic (exact) mass is 409 g/mol. The molecule has 2 aromatic heterocycles. The average molecular weight is 409 g/mol. The molecule has 8 nitrogen and oxygen atoms in total. The molecule has 0 fully saturated rings. The van der Waals surface area contributed by atoms with E-state index in [1.807, 2.05) is 36.4 Å². The van der Waals surface area contributed by atoms with Gasteiger partial charge in [-0.05, 0) is 31.5 Å². The van der Waals surface area contributed by atoms with Crippen LogP contribution in [-0.4, -0.2) is 27.2 Å². The van der Waals surface area contributed by atoms with Crippen molar-refractivity contribution in [1.29, 1.82) is 0 Å². The maximum Gasteiger partial charge on any atom is 0.296 e. The highest BCUT2D eigenvalue weighted by Crippen LogP contribution is 2.27. The van der Waals surface area contributed by atoms with Gasteiger partial charge in [0.25, 0.3) is 11.5 Å². The highest BCUT2D eigenvalue weighted by molar-refractivity contribution is 5.94. The van der Waals surface area contributed by atoms with Gasteiger partial charge in [-0.3, -0.25) is 14.2 Å². The zero-order valence-electron chi connectivity index (χ0n) is 16.8. The molecule has 3 heterocycles. The van der Waals surface area contributed by atoms with E-state index in [4.69, 9.17) is 9.15 Å². The highest BCUT2D eigenvalue weighted by Gasteiger charge is 2.34. The van der Waals surface area contributed by atoms with Crippen molar-refractivity contribution in [2.45, 2.75) is 39.0 Å². The number of aromatic nitrogens is 2. The summed E-state index contributed by atoms with van der Waals surface area (Å²) in [7, 11) is 0. The lowest BCUT2D eigenvalue weighted by molar-refractivity contribution is -0.0566. The van der Waals surface area contributed by atoms with Crippen molar-refractivity contribution in [3.05, 3.63) is 81.4 Å². The Morgan fingerprint density at radius 1 is 1.20 bits per heavy atom. The van der Waals surface area contributed by atoms with Gasteiger partial charge in [0.15, 0.2) is 5.69 Å². The molecule has 156 valence electrons. The molecule has 1 aliphatic rings. The summed E-state index contributed by atoms with van der Waals surface area (Å²) < 4.78 is 12.8. The van der Waals surface area contributed by atoms with Crippen LogP contribution in [0.3, 0.4) is 0 Å². The lowest BCUT2D eigenvalue weighted by Crippen LogP contribution is -2.42. The molecule has 0 radical (unpaired) electrons. The summed E-state index contributed by atoms with van der Waals surface area (Å²) >= 11 is 0. The van der Waals surface area contributed by atoms with E-state index in [1.54, 1.807) is 19.9 Å². The van der Waals surface area contributed by atoms with Gasteiger partial charge in [0, 0.05) is 6.42 Å². The number of hydrogen-bond donors (Lipinski definition) is 2. The van der Waals surface area contributed by atoms with Crippen molar-refractivity contribution in [3.63, 3.8) is 0 Å². The van der Waals surface area contributed by atoms with Gasteiger partial charge in [-0.2, -0.15) is 0 Å². The van der Waals surface area contributed by atoms with Gasteiger partial charge in [0.1, 0.15) is 22.9 Å². The van der Waals surface area contributed by atoms with Crippen LogP contribution in [0.15, 0.2) is 51.7 Å². The topological polar surface area (TPSA) is 107 Å². The first-order valence-electron chi connectivity index (χ1n) is 9.73. The second-order valence-electron chi connectivity index (χ2n) is 7.66. The fourth-order valence-electron chi connectivity index (χ4n) is 3.49. The third-order valence-electron chi connectivity index (χ3n) is 5.04. The molecule has 0 atom stereocenters. The number of nitrogens with one attached hydrogen (secondary N) is 1. The zero-order chi connectivity index (χ0) is 21.3. The zero-order valence-corrected chi connectivity index (χ0v) is 16.8. The molecule has 8 heteroatoms. The first-order chi connectivity index (χ1) is 14.3. The summed E-state index contributed by atoms with van der Waals surface area (Å²) in [6.45, 7) is 4.24. The molecule has 0 bridgehead atoms. The van der Waals surface area contributed by atoms with Gasteiger partial charge in [0.05, 0.1) is 19.7 Å². The number of furan rings is 1. The number of benzene rings is 1. The molecule has 0 aliphatic carbocycles. The van der Waals surface area contributed by atoms with E-state index in [0.29, 0.717) is 24.6 Å². The van der Waals surface area contributed by atoms with Crippen molar-refractivity contribution in [3.8, 4) is 5.75 Å². The minimum absolute atomic E-state index is 0.104. The van der Waals surface area contributed by atoms with Crippen molar-refractivity contribution < 1.29 is 19.1 Å². The number of fused-ring (bicyclic) bond motifs is 1. The molecule has 1 amide bonds. The van der Waals surface area contributed by atoms with E-state index >= 15 is 0 Å². The Morgan fingerprint density at radius 3 is 2.70 bits per heavy atom. The van der Waals surface area contributed by atoms with Crippen LogP contribution in [0.4, 0.5) is 0 Å². The third kappa shape index (κ3) is 3.86.